The van der Waals surface area contributed by atoms with E-state index in [4.69, 9.17) is 4.74 Å². The summed E-state index contributed by atoms with van der Waals surface area (Å²) in [6, 6.07) is 14.3. The molecule has 2 aromatic rings. The predicted octanol–water partition coefficient (Wildman–Crippen LogP) is 8.93. The van der Waals surface area contributed by atoms with Gasteiger partial charge in [-0.05, 0) is 149 Å². The molecule has 10 aliphatic rings. The molecular formula is C49H65NO5S. The molecule has 7 saturated carbocycles. The van der Waals surface area contributed by atoms with E-state index in [2.05, 4.69) is 62.1 Å². The fraction of sp³-hybridized carbons (Fsp3) is 0.694. The first-order valence-electron chi connectivity index (χ1n) is 22.3. The highest BCUT2D eigenvalue weighted by Gasteiger charge is 2.74. The Morgan fingerprint density at radius 3 is 2.25 bits per heavy atom. The number of benzene rings is 1. The lowest BCUT2D eigenvalue weighted by atomic mass is 9.32. The van der Waals surface area contributed by atoms with Crippen LogP contribution in [0.4, 0.5) is 0 Å². The van der Waals surface area contributed by atoms with Gasteiger partial charge >= 0.3 is 0 Å². The summed E-state index contributed by atoms with van der Waals surface area (Å²) in [6.45, 7) is 9.64. The zero-order valence-electron chi connectivity index (χ0n) is 34.1. The number of thiophene rings is 1. The van der Waals surface area contributed by atoms with Gasteiger partial charge in [-0.2, -0.15) is 0 Å². The van der Waals surface area contributed by atoms with E-state index >= 15 is 0 Å². The van der Waals surface area contributed by atoms with Crippen LogP contribution < -0.4 is 0 Å². The number of carbonyl (C=O) groups excluding carboxylic acids is 1. The van der Waals surface area contributed by atoms with E-state index in [0.717, 1.165) is 77.3 Å². The third-order valence-corrected chi connectivity index (χ3v) is 19.0. The van der Waals surface area contributed by atoms with Gasteiger partial charge in [-0.1, -0.05) is 62.4 Å². The van der Waals surface area contributed by atoms with Gasteiger partial charge in [-0.3, -0.25) is 9.69 Å². The van der Waals surface area contributed by atoms with Crippen LogP contribution in [0, 0.1) is 63.6 Å². The van der Waals surface area contributed by atoms with Gasteiger partial charge in [-0.25, -0.2) is 0 Å². The van der Waals surface area contributed by atoms with Crippen molar-refractivity contribution in [3.63, 3.8) is 0 Å². The summed E-state index contributed by atoms with van der Waals surface area (Å²) in [7, 11) is 0. The lowest BCUT2D eigenvalue weighted by Crippen LogP contribution is -2.67. The molecule has 0 saturated heterocycles. The molecule has 2 spiro atoms. The highest BCUT2D eigenvalue weighted by atomic mass is 32.1. The largest absolute Gasteiger partial charge is 0.393 e. The molecule has 7 heteroatoms. The minimum absolute atomic E-state index is 0.0490. The summed E-state index contributed by atoms with van der Waals surface area (Å²) in [4.78, 5) is 19.4. The Balaban J connectivity index is 0.972. The van der Waals surface area contributed by atoms with Crippen LogP contribution in [-0.2, 0) is 11.3 Å². The van der Waals surface area contributed by atoms with Crippen LogP contribution in [0.15, 0.2) is 66.3 Å². The first-order chi connectivity index (χ1) is 26.8. The molecule has 9 atom stereocenters. The van der Waals surface area contributed by atoms with Gasteiger partial charge in [0.15, 0.2) is 5.78 Å². The quantitative estimate of drug-likeness (QED) is 0.147. The van der Waals surface area contributed by atoms with Crippen LogP contribution in [0.2, 0.25) is 0 Å². The summed E-state index contributed by atoms with van der Waals surface area (Å²) in [5, 5.41) is 36.2. The standard InChI is InChI=1S/C49H65NO5S/c1-32-9-10-40(56-32)43(53)39-26-47-17-18-49(39)41(44(47,2)14-11-37(51)25-47)12-15-45(3)42(49)13-16-48(45,54)31-50(27-38(52)29-55-28-33-7-5-4-6-8-33)30-46-22-34-19-35(23-46)21-36(20-34)24-46/h4-10,17-18,26,34-38,41-42,51-52,54H,11-16,19-25,27-31H2,1-3H3. The number of hydrogen-bond donors (Lipinski definition) is 3. The number of ketones is 1. The van der Waals surface area contributed by atoms with Gasteiger partial charge < -0.3 is 20.1 Å². The second-order valence-corrected chi connectivity index (χ2v) is 22.6. The Labute approximate surface area is 338 Å². The molecule has 6 bridgehead atoms. The predicted molar refractivity (Wildman–Crippen MR) is 221 cm³/mol. The number of rotatable bonds is 12. The normalized spacial score (nSPS) is 44.7. The van der Waals surface area contributed by atoms with E-state index in [0.29, 0.717) is 32.5 Å². The summed E-state index contributed by atoms with van der Waals surface area (Å²) >= 11 is 1.59. The van der Waals surface area contributed by atoms with Crippen LogP contribution in [-0.4, -0.2) is 70.1 Å². The minimum Gasteiger partial charge on any atom is -0.393 e. The maximum atomic E-state index is 14.9. The molecule has 10 aliphatic carbocycles. The van der Waals surface area contributed by atoms with Gasteiger partial charge in [0.2, 0.25) is 0 Å². The average molecular weight is 780 g/mol. The maximum absolute atomic E-state index is 14.9. The Kier molecular flexibility index (Phi) is 9.14. The van der Waals surface area contributed by atoms with E-state index in [1.54, 1.807) is 11.3 Å². The first kappa shape index (κ1) is 38.1. The van der Waals surface area contributed by atoms with Gasteiger partial charge in [0.25, 0.3) is 0 Å². The Hall–Kier alpha value is -2.13. The summed E-state index contributed by atoms with van der Waals surface area (Å²) in [5.41, 5.74) is 0.115. The van der Waals surface area contributed by atoms with Crippen LogP contribution in [0.5, 0.6) is 0 Å². The second kappa shape index (κ2) is 13.4. The maximum Gasteiger partial charge on any atom is 0.199 e. The number of allylic oxidation sites excluding steroid dienone is 4. The van der Waals surface area contributed by atoms with Crippen molar-refractivity contribution in [3.8, 4) is 0 Å². The molecule has 0 radical (unpaired) electrons. The van der Waals surface area contributed by atoms with E-state index < -0.39 is 22.5 Å². The molecule has 9 unspecified atom stereocenters. The van der Waals surface area contributed by atoms with Crippen molar-refractivity contribution in [2.24, 2.45) is 56.7 Å². The molecule has 12 rings (SSSR count). The molecule has 6 nitrogen and oxygen atoms in total. The van der Waals surface area contributed by atoms with Crippen LogP contribution in [0.25, 0.3) is 0 Å². The van der Waals surface area contributed by atoms with E-state index in [-0.39, 0.29) is 46.6 Å². The van der Waals surface area contributed by atoms with Crippen molar-refractivity contribution in [1.29, 1.82) is 0 Å². The van der Waals surface area contributed by atoms with Gasteiger partial charge in [0.1, 0.15) is 0 Å². The molecule has 3 N–H and O–H groups in total. The minimum atomic E-state index is -0.957. The summed E-state index contributed by atoms with van der Waals surface area (Å²) < 4.78 is 6.10. The zero-order valence-corrected chi connectivity index (χ0v) is 34.9. The fourth-order valence-corrected chi connectivity index (χ4v) is 16.9. The Morgan fingerprint density at radius 2 is 1.55 bits per heavy atom. The lowest BCUT2D eigenvalue weighted by Gasteiger charge is -2.71. The zero-order chi connectivity index (χ0) is 38.7. The number of aryl methyl sites for hydroxylation is 1. The number of aliphatic hydroxyl groups is 3. The van der Waals surface area contributed by atoms with Crippen molar-refractivity contribution in [2.45, 2.75) is 129 Å². The second-order valence-electron chi connectivity index (χ2n) is 21.3. The van der Waals surface area contributed by atoms with Crippen molar-refractivity contribution in [2.75, 3.05) is 26.2 Å². The Morgan fingerprint density at radius 1 is 0.875 bits per heavy atom. The van der Waals surface area contributed by atoms with Crippen molar-refractivity contribution in [3.05, 3.63) is 81.6 Å². The van der Waals surface area contributed by atoms with Gasteiger partial charge in [0.05, 0.1) is 35.9 Å². The number of Topliss-reactive ketones (excluding diaryl/α,β-unsaturated/α-hetero) is 1. The lowest BCUT2D eigenvalue weighted by molar-refractivity contribution is -0.179. The third kappa shape index (κ3) is 5.74. The summed E-state index contributed by atoms with van der Waals surface area (Å²) in [6.07, 6.45) is 20.2. The molecule has 1 aromatic heterocycles. The van der Waals surface area contributed by atoms with Crippen LogP contribution >= 0.6 is 11.3 Å². The van der Waals surface area contributed by atoms with Crippen molar-refractivity contribution >= 4 is 17.1 Å². The molecule has 1 heterocycles. The fourth-order valence-electron chi connectivity index (χ4n) is 16.0. The van der Waals surface area contributed by atoms with E-state index in [1.807, 2.05) is 24.3 Å². The van der Waals surface area contributed by atoms with E-state index in [9.17, 15) is 20.1 Å². The molecule has 1 aromatic carbocycles. The topological polar surface area (TPSA) is 90.2 Å². The number of carbonyl (C=O) groups is 1. The third-order valence-electron chi connectivity index (χ3n) is 18.0. The smallest absolute Gasteiger partial charge is 0.199 e. The van der Waals surface area contributed by atoms with E-state index in [1.165, 1.54) is 38.5 Å². The molecular weight excluding hydrogens is 715 g/mol. The number of hydrogen-bond acceptors (Lipinski definition) is 7. The number of aliphatic hydroxyl groups excluding tert-OH is 2. The first-order valence-corrected chi connectivity index (χ1v) is 23.1. The molecule has 7 fully saturated rings. The number of fused-ring (bicyclic) bond motifs is 1. The molecule has 56 heavy (non-hydrogen) atoms. The SMILES string of the molecule is Cc1ccc(C(=O)C2=CC34C=CC25C(CCC2(C)C5CCC2(O)CN(CC(O)COCc2ccccc2)CC25CC6CC(CC(C6)C2)C5)C3(C)CCC(O)C4)s1. The van der Waals surface area contributed by atoms with Gasteiger partial charge in [-0.15, -0.1) is 11.3 Å². The average Bonchev–Trinajstić information content (AvgIpc) is 3.70. The number of nitrogens with zero attached hydrogens (tertiary/aromatic N) is 1. The summed E-state index contributed by atoms with van der Waals surface area (Å²) in [5.74, 6) is 3.06. The van der Waals surface area contributed by atoms with Crippen molar-refractivity contribution in [1.82, 2.24) is 4.90 Å². The highest BCUT2D eigenvalue weighted by molar-refractivity contribution is 7.14. The van der Waals surface area contributed by atoms with Gasteiger partial charge in [0, 0.05) is 46.3 Å². The molecule has 0 aliphatic heterocycles. The van der Waals surface area contributed by atoms with Crippen LogP contribution in [0.1, 0.15) is 117 Å². The number of ether oxygens (including phenoxy) is 1. The van der Waals surface area contributed by atoms with Crippen molar-refractivity contribution < 1.29 is 24.9 Å². The van der Waals surface area contributed by atoms with Crippen LogP contribution in [0.3, 0.4) is 0 Å². The molecule has 302 valence electrons. The monoisotopic (exact) mass is 779 g/mol. The Bertz CT molecular complexity index is 1870. The molecule has 0 amide bonds. The highest BCUT2D eigenvalue weighted by Crippen LogP contribution is 2.78.